The van der Waals surface area contributed by atoms with Crippen LogP contribution in [0.3, 0.4) is 0 Å². The Bertz CT molecular complexity index is 1090. The molecule has 0 bridgehead atoms. The summed E-state index contributed by atoms with van der Waals surface area (Å²) in [5.41, 5.74) is 0.882. The third-order valence-electron chi connectivity index (χ3n) is 6.48. The minimum atomic E-state index is -0.923. The smallest absolute Gasteiger partial charge is 0.408 e. The summed E-state index contributed by atoms with van der Waals surface area (Å²) in [5.74, 6) is -0.535. The zero-order valence-corrected chi connectivity index (χ0v) is 24.4. The van der Waals surface area contributed by atoms with Crippen LogP contribution in [0.2, 0.25) is 0 Å². The number of carbonyl (C=O) groups excluding carboxylic acids is 3. The van der Waals surface area contributed by atoms with E-state index in [0.29, 0.717) is 24.1 Å². The molecule has 38 heavy (non-hydrogen) atoms. The van der Waals surface area contributed by atoms with Crippen LogP contribution in [0.15, 0.2) is 54.6 Å². The van der Waals surface area contributed by atoms with Gasteiger partial charge in [0.2, 0.25) is 5.91 Å². The third kappa shape index (κ3) is 8.61. The third-order valence-corrected chi connectivity index (χ3v) is 6.48. The highest BCUT2D eigenvalue weighted by Gasteiger charge is 2.43. The fourth-order valence-electron chi connectivity index (χ4n) is 4.22. The molecular weight excluding hydrogens is 478 g/mol. The minimum Gasteiger partial charge on any atom is -0.444 e. The number of anilines is 1. The predicted octanol–water partition coefficient (Wildman–Crippen LogP) is 6.63. The number of nitrogens with zero attached hydrogens (tertiary/aromatic N) is 1. The Morgan fingerprint density at radius 3 is 2.03 bits per heavy atom. The molecule has 2 atom stereocenters. The standard InChI is InChI=1S/C31H45N3O4/c1-10-31(8,9)34(28(36)25(20-21(2)3)33-29(37)38-30(5,6)7)26(23-17-12-11-13-18-23)27(35)32-24-19-15-14-16-22(24)4/h11-19,21,25-26H,10,20H2,1-9H3,(H,32,35)(H,33,37). The highest BCUT2D eigenvalue weighted by Crippen LogP contribution is 2.33. The fraction of sp³-hybridized carbons (Fsp3) is 0.516. The molecular formula is C31H45N3O4. The van der Waals surface area contributed by atoms with Crippen LogP contribution in [0.4, 0.5) is 10.5 Å². The van der Waals surface area contributed by atoms with Gasteiger partial charge in [0.25, 0.3) is 5.91 Å². The number of alkyl carbamates (subject to hydrolysis) is 1. The van der Waals surface area contributed by atoms with Crippen LogP contribution >= 0.6 is 0 Å². The highest BCUT2D eigenvalue weighted by molar-refractivity contribution is 5.99. The van der Waals surface area contributed by atoms with Crippen LogP contribution in [0.25, 0.3) is 0 Å². The molecule has 0 heterocycles. The van der Waals surface area contributed by atoms with Gasteiger partial charge < -0.3 is 20.3 Å². The molecule has 0 spiro atoms. The summed E-state index contributed by atoms with van der Waals surface area (Å²) in [6, 6.07) is 15.1. The van der Waals surface area contributed by atoms with Crippen molar-refractivity contribution in [3.05, 3.63) is 65.7 Å². The molecule has 2 N–H and O–H groups in total. The highest BCUT2D eigenvalue weighted by atomic mass is 16.6. The van der Waals surface area contributed by atoms with Crippen LogP contribution in [-0.4, -0.2) is 40.0 Å². The number of hydrogen-bond donors (Lipinski definition) is 2. The molecule has 3 amide bonds. The molecule has 0 fully saturated rings. The first kappa shape index (κ1) is 30.9. The van der Waals surface area contributed by atoms with E-state index in [1.807, 2.05) is 96.1 Å². The molecule has 0 aliphatic carbocycles. The molecule has 7 heteroatoms. The Kier molecular flexibility index (Phi) is 10.5. The van der Waals surface area contributed by atoms with E-state index >= 15 is 0 Å². The van der Waals surface area contributed by atoms with E-state index in [2.05, 4.69) is 10.6 Å². The SMILES string of the molecule is CCC(C)(C)N(C(=O)C(CC(C)C)NC(=O)OC(C)(C)C)C(C(=O)Nc1ccccc1C)c1ccccc1. The molecule has 2 aromatic carbocycles. The van der Waals surface area contributed by atoms with Gasteiger partial charge in [-0.1, -0.05) is 69.3 Å². The minimum absolute atomic E-state index is 0.112. The summed E-state index contributed by atoms with van der Waals surface area (Å²) in [5, 5.41) is 5.85. The number of aryl methyl sites for hydroxylation is 1. The van der Waals surface area contributed by atoms with Crippen molar-refractivity contribution >= 4 is 23.6 Å². The van der Waals surface area contributed by atoms with Crippen molar-refractivity contribution in [2.45, 2.75) is 98.4 Å². The maximum atomic E-state index is 14.4. The maximum Gasteiger partial charge on any atom is 0.408 e. The predicted molar refractivity (Wildman–Crippen MR) is 153 cm³/mol. The van der Waals surface area contributed by atoms with Gasteiger partial charge in [-0.25, -0.2) is 4.79 Å². The van der Waals surface area contributed by atoms with Gasteiger partial charge >= 0.3 is 6.09 Å². The first-order chi connectivity index (χ1) is 17.7. The molecule has 2 rings (SSSR count). The van der Waals surface area contributed by atoms with Gasteiger partial charge in [-0.2, -0.15) is 0 Å². The van der Waals surface area contributed by atoms with E-state index in [9.17, 15) is 14.4 Å². The molecule has 0 radical (unpaired) electrons. The molecule has 2 unspecified atom stereocenters. The van der Waals surface area contributed by atoms with Gasteiger partial charge in [-0.15, -0.1) is 0 Å². The summed E-state index contributed by atoms with van der Waals surface area (Å²) in [6.07, 6.45) is 0.335. The second-order valence-electron chi connectivity index (χ2n) is 11.8. The second-order valence-corrected chi connectivity index (χ2v) is 11.8. The van der Waals surface area contributed by atoms with E-state index < -0.39 is 29.3 Å². The number of hydrogen-bond acceptors (Lipinski definition) is 4. The molecule has 0 saturated carbocycles. The summed E-state index contributed by atoms with van der Waals surface area (Å²) in [6.45, 7) is 17.1. The Morgan fingerprint density at radius 2 is 1.50 bits per heavy atom. The maximum absolute atomic E-state index is 14.4. The van der Waals surface area contributed by atoms with Crippen molar-refractivity contribution in [2.24, 2.45) is 5.92 Å². The van der Waals surface area contributed by atoms with Crippen molar-refractivity contribution in [3.8, 4) is 0 Å². The molecule has 0 aliphatic rings. The van der Waals surface area contributed by atoms with Crippen LogP contribution < -0.4 is 10.6 Å². The zero-order chi connectivity index (χ0) is 28.7. The quantitative estimate of drug-likeness (QED) is 0.366. The van der Waals surface area contributed by atoms with Crippen LogP contribution in [-0.2, 0) is 14.3 Å². The van der Waals surface area contributed by atoms with Crippen molar-refractivity contribution in [1.29, 1.82) is 0 Å². The lowest BCUT2D eigenvalue weighted by molar-refractivity contribution is -0.148. The monoisotopic (exact) mass is 523 g/mol. The number of amides is 3. The van der Waals surface area contributed by atoms with Crippen molar-refractivity contribution in [1.82, 2.24) is 10.2 Å². The number of benzene rings is 2. The molecule has 0 aliphatic heterocycles. The average molecular weight is 524 g/mol. The second kappa shape index (κ2) is 12.9. The molecule has 208 valence electrons. The molecule has 2 aromatic rings. The van der Waals surface area contributed by atoms with E-state index in [1.54, 1.807) is 25.7 Å². The van der Waals surface area contributed by atoms with Crippen LogP contribution in [0.1, 0.15) is 85.4 Å². The Balaban J connectivity index is 2.60. The summed E-state index contributed by atoms with van der Waals surface area (Å²) in [4.78, 5) is 42.8. The van der Waals surface area contributed by atoms with Gasteiger partial charge in [0.05, 0.1) is 0 Å². The van der Waals surface area contributed by atoms with Gasteiger partial charge in [-0.3, -0.25) is 9.59 Å². The number of nitrogens with one attached hydrogen (secondary N) is 2. The van der Waals surface area contributed by atoms with E-state index in [4.69, 9.17) is 4.74 Å². The Hall–Kier alpha value is -3.35. The van der Waals surface area contributed by atoms with Crippen molar-refractivity contribution < 1.29 is 19.1 Å². The van der Waals surface area contributed by atoms with Gasteiger partial charge in [0.1, 0.15) is 17.7 Å². The largest absolute Gasteiger partial charge is 0.444 e. The van der Waals surface area contributed by atoms with Crippen LogP contribution in [0.5, 0.6) is 0 Å². The van der Waals surface area contributed by atoms with E-state index in [0.717, 1.165) is 5.56 Å². The lowest BCUT2D eigenvalue weighted by Gasteiger charge is -2.44. The summed E-state index contributed by atoms with van der Waals surface area (Å²) < 4.78 is 5.48. The van der Waals surface area contributed by atoms with Gasteiger partial charge in [0.15, 0.2) is 0 Å². The fourth-order valence-corrected chi connectivity index (χ4v) is 4.22. The number of ether oxygens (including phenoxy) is 1. The lowest BCUT2D eigenvalue weighted by atomic mass is 9.90. The average Bonchev–Trinajstić information content (AvgIpc) is 2.82. The normalized spacial score (nSPS) is 13.4. The van der Waals surface area contributed by atoms with Gasteiger partial charge in [0, 0.05) is 11.2 Å². The summed E-state index contributed by atoms with van der Waals surface area (Å²) >= 11 is 0. The first-order valence-corrected chi connectivity index (χ1v) is 13.4. The number of para-hydroxylation sites is 1. The number of rotatable bonds is 10. The summed E-state index contributed by atoms with van der Waals surface area (Å²) in [7, 11) is 0. The van der Waals surface area contributed by atoms with Gasteiger partial charge in [-0.05, 0) is 77.5 Å². The zero-order valence-electron chi connectivity index (χ0n) is 24.4. The Morgan fingerprint density at radius 1 is 0.921 bits per heavy atom. The molecule has 0 saturated heterocycles. The number of carbonyl (C=O) groups is 3. The Labute approximate surface area is 228 Å². The topological polar surface area (TPSA) is 87.7 Å². The van der Waals surface area contributed by atoms with E-state index in [-0.39, 0.29) is 17.7 Å². The van der Waals surface area contributed by atoms with Crippen LogP contribution in [0, 0.1) is 12.8 Å². The lowest BCUT2D eigenvalue weighted by Crippen LogP contribution is -2.59. The molecule has 7 nitrogen and oxygen atoms in total. The molecule has 0 aromatic heterocycles. The van der Waals surface area contributed by atoms with Crippen molar-refractivity contribution in [2.75, 3.05) is 5.32 Å². The van der Waals surface area contributed by atoms with E-state index in [1.165, 1.54) is 0 Å². The van der Waals surface area contributed by atoms with Crippen molar-refractivity contribution in [3.63, 3.8) is 0 Å². The first-order valence-electron chi connectivity index (χ1n) is 13.4.